The van der Waals surface area contributed by atoms with Crippen LogP contribution in [0.5, 0.6) is 17.2 Å². The highest BCUT2D eigenvalue weighted by Crippen LogP contribution is 2.43. The quantitative estimate of drug-likeness (QED) is 0.293. The maximum Gasteiger partial charge on any atom is 0.300 e. The molecule has 1 unspecified atom stereocenters. The lowest BCUT2D eigenvalue weighted by Gasteiger charge is -2.24. The van der Waals surface area contributed by atoms with Gasteiger partial charge in [-0.25, -0.2) is 0 Å². The summed E-state index contributed by atoms with van der Waals surface area (Å²) >= 11 is 0. The van der Waals surface area contributed by atoms with Crippen LogP contribution in [-0.4, -0.2) is 37.6 Å². The van der Waals surface area contributed by atoms with E-state index >= 15 is 0 Å². The van der Waals surface area contributed by atoms with Gasteiger partial charge in [0.1, 0.15) is 23.3 Å². The van der Waals surface area contributed by atoms with Crippen LogP contribution in [0.1, 0.15) is 30.7 Å². The van der Waals surface area contributed by atoms with Gasteiger partial charge in [0.2, 0.25) is 0 Å². The smallest absolute Gasteiger partial charge is 0.300 e. The number of hydrogen-bond donors (Lipinski definition) is 1. The first-order chi connectivity index (χ1) is 16.5. The van der Waals surface area contributed by atoms with E-state index in [1.54, 1.807) is 54.6 Å². The molecule has 3 aromatic rings. The molecule has 1 atom stereocenters. The minimum atomic E-state index is -0.968. The Hall–Kier alpha value is -4.20. The Morgan fingerprint density at radius 3 is 2.50 bits per heavy atom. The van der Waals surface area contributed by atoms with Gasteiger partial charge in [0.05, 0.1) is 32.7 Å². The number of nitrogens with zero attached hydrogens (tertiary/aromatic N) is 1. The van der Waals surface area contributed by atoms with E-state index in [0.29, 0.717) is 40.9 Å². The van der Waals surface area contributed by atoms with Crippen molar-refractivity contribution >= 4 is 23.1 Å². The van der Waals surface area contributed by atoms with E-state index in [0.717, 1.165) is 6.42 Å². The van der Waals surface area contributed by atoms with Gasteiger partial charge in [-0.1, -0.05) is 13.0 Å². The molecule has 1 aliphatic rings. The zero-order valence-corrected chi connectivity index (χ0v) is 19.1. The fraction of sp³-hybridized carbons (Fsp3) is 0.231. The van der Waals surface area contributed by atoms with E-state index in [-0.39, 0.29) is 11.3 Å². The number of benzene rings is 2. The SMILES string of the molecule is CCCOc1cccc(N2C(=O)C(=O)/C(=C(\O)c3ccc(OC)c(OC)c3)C2c2ccco2)c1. The van der Waals surface area contributed by atoms with Crippen LogP contribution in [0.25, 0.3) is 5.76 Å². The second-order valence-electron chi connectivity index (χ2n) is 7.60. The average molecular weight is 463 g/mol. The van der Waals surface area contributed by atoms with E-state index in [2.05, 4.69) is 0 Å². The Labute approximate surface area is 197 Å². The third-order valence-corrected chi connectivity index (χ3v) is 5.48. The number of rotatable bonds is 8. The number of hydrogen-bond acceptors (Lipinski definition) is 7. The van der Waals surface area contributed by atoms with Crippen molar-refractivity contribution in [3.63, 3.8) is 0 Å². The summed E-state index contributed by atoms with van der Waals surface area (Å²) in [5, 5.41) is 11.2. The molecule has 8 nitrogen and oxygen atoms in total. The fourth-order valence-electron chi connectivity index (χ4n) is 3.90. The molecule has 1 fully saturated rings. The van der Waals surface area contributed by atoms with Crippen molar-refractivity contribution < 1.29 is 33.3 Å². The number of methoxy groups -OCH3 is 2. The molecule has 0 saturated carbocycles. The van der Waals surface area contributed by atoms with E-state index in [4.69, 9.17) is 18.6 Å². The monoisotopic (exact) mass is 463 g/mol. The van der Waals surface area contributed by atoms with Crippen molar-refractivity contribution in [2.75, 3.05) is 25.7 Å². The van der Waals surface area contributed by atoms with Crippen molar-refractivity contribution in [1.82, 2.24) is 0 Å². The van der Waals surface area contributed by atoms with Crippen LogP contribution in [0.2, 0.25) is 0 Å². The largest absolute Gasteiger partial charge is 0.507 e. The highest BCUT2D eigenvalue weighted by Gasteiger charge is 2.48. The van der Waals surface area contributed by atoms with Crippen LogP contribution < -0.4 is 19.1 Å². The molecule has 1 saturated heterocycles. The predicted molar refractivity (Wildman–Crippen MR) is 125 cm³/mol. The lowest BCUT2D eigenvalue weighted by atomic mass is 9.99. The minimum Gasteiger partial charge on any atom is -0.507 e. The first kappa shape index (κ1) is 23.0. The van der Waals surface area contributed by atoms with Crippen LogP contribution in [0.3, 0.4) is 0 Å². The second-order valence-corrected chi connectivity index (χ2v) is 7.60. The van der Waals surface area contributed by atoms with E-state index < -0.39 is 17.7 Å². The van der Waals surface area contributed by atoms with Gasteiger partial charge in [-0.3, -0.25) is 14.5 Å². The first-order valence-corrected chi connectivity index (χ1v) is 10.8. The number of furan rings is 1. The molecule has 1 aromatic heterocycles. The number of anilines is 1. The molecule has 0 bridgehead atoms. The molecule has 8 heteroatoms. The maximum absolute atomic E-state index is 13.2. The van der Waals surface area contributed by atoms with Crippen molar-refractivity contribution in [3.05, 3.63) is 77.8 Å². The highest BCUT2D eigenvalue weighted by molar-refractivity contribution is 6.51. The Morgan fingerprint density at radius 1 is 1.03 bits per heavy atom. The van der Waals surface area contributed by atoms with Crippen molar-refractivity contribution in [2.45, 2.75) is 19.4 Å². The normalized spacial score (nSPS) is 17.1. The van der Waals surface area contributed by atoms with Gasteiger partial charge in [-0.15, -0.1) is 0 Å². The summed E-state index contributed by atoms with van der Waals surface area (Å²) < 4.78 is 21.9. The summed E-state index contributed by atoms with van der Waals surface area (Å²) in [6.07, 6.45) is 2.28. The first-order valence-electron chi connectivity index (χ1n) is 10.8. The number of Topliss-reactive ketones (excluding diaryl/α,β-unsaturated/α-hetero) is 1. The van der Waals surface area contributed by atoms with E-state index in [1.165, 1.54) is 25.4 Å². The molecule has 2 aromatic carbocycles. The summed E-state index contributed by atoms with van der Waals surface area (Å²) in [6.45, 7) is 2.51. The van der Waals surface area contributed by atoms with Gasteiger partial charge in [0.15, 0.2) is 11.5 Å². The molecule has 34 heavy (non-hydrogen) atoms. The Balaban J connectivity index is 1.86. The van der Waals surface area contributed by atoms with Gasteiger partial charge in [-0.05, 0) is 48.9 Å². The number of carbonyl (C=O) groups is 2. The molecule has 1 aliphatic heterocycles. The second kappa shape index (κ2) is 9.74. The average Bonchev–Trinajstić information content (AvgIpc) is 3.48. The standard InChI is InChI=1S/C26H25NO7/c1-4-12-33-18-8-5-7-17(15-18)27-23(20-9-6-13-34-20)22(25(29)26(27)30)24(28)16-10-11-19(31-2)21(14-16)32-3/h5-11,13-15,23,28H,4,12H2,1-3H3/b24-22-. The minimum absolute atomic E-state index is 0.0907. The van der Waals surface area contributed by atoms with Crippen LogP contribution in [0.15, 0.2) is 70.9 Å². The summed E-state index contributed by atoms with van der Waals surface area (Å²) in [7, 11) is 2.97. The Kier molecular flexibility index (Phi) is 6.58. The van der Waals surface area contributed by atoms with Gasteiger partial charge >= 0.3 is 0 Å². The molecule has 0 radical (unpaired) electrons. The summed E-state index contributed by atoms with van der Waals surface area (Å²) in [4.78, 5) is 27.7. The third-order valence-electron chi connectivity index (χ3n) is 5.48. The van der Waals surface area contributed by atoms with Gasteiger partial charge in [0.25, 0.3) is 11.7 Å². The number of aliphatic hydroxyl groups excluding tert-OH is 1. The lowest BCUT2D eigenvalue weighted by Crippen LogP contribution is -2.29. The van der Waals surface area contributed by atoms with E-state index in [1.807, 2.05) is 6.92 Å². The van der Waals surface area contributed by atoms with E-state index in [9.17, 15) is 14.7 Å². The zero-order valence-electron chi connectivity index (χ0n) is 19.1. The summed E-state index contributed by atoms with van der Waals surface area (Å²) in [5.41, 5.74) is 0.655. The molecule has 0 aliphatic carbocycles. The maximum atomic E-state index is 13.2. The number of ether oxygens (including phenoxy) is 3. The molecule has 0 spiro atoms. The summed E-state index contributed by atoms with van der Waals surface area (Å²) in [5.74, 6) is -0.214. The zero-order chi connectivity index (χ0) is 24.2. The topological polar surface area (TPSA) is 98.4 Å². The predicted octanol–water partition coefficient (Wildman–Crippen LogP) is 4.71. The van der Waals surface area contributed by atoms with Crippen LogP contribution in [-0.2, 0) is 9.59 Å². The Bertz CT molecular complexity index is 1230. The molecule has 1 N–H and O–H groups in total. The van der Waals surface area contributed by atoms with Gasteiger partial charge < -0.3 is 23.7 Å². The van der Waals surface area contributed by atoms with Gasteiger partial charge in [0, 0.05) is 17.3 Å². The van der Waals surface area contributed by atoms with Gasteiger partial charge in [-0.2, -0.15) is 0 Å². The van der Waals surface area contributed by atoms with Crippen LogP contribution in [0.4, 0.5) is 5.69 Å². The highest BCUT2D eigenvalue weighted by atomic mass is 16.5. The van der Waals surface area contributed by atoms with Crippen LogP contribution in [0, 0.1) is 0 Å². The summed E-state index contributed by atoms with van der Waals surface area (Å²) in [6, 6.07) is 14.0. The fourth-order valence-corrected chi connectivity index (χ4v) is 3.90. The molecular formula is C26H25NO7. The van der Waals surface area contributed by atoms with Crippen molar-refractivity contribution in [3.8, 4) is 17.2 Å². The molecular weight excluding hydrogens is 438 g/mol. The number of amides is 1. The van der Waals surface area contributed by atoms with Crippen molar-refractivity contribution in [2.24, 2.45) is 0 Å². The number of ketones is 1. The third kappa shape index (κ3) is 4.10. The molecule has 176 valence electrons. The Morgan fingerprint density at radius 2 is 1.82 bits per heavy atom. The molecule has 1 amide bonds. The lowest BCUT2D eigenvalue weighted by molar-refractivity contribution is -0.132. The number of aliphatic hydroxyl groups is 1. The van der Waals surface area contributed by atoms with Crippen molar-refractivity contribution in [1.29, 1.82) is 0 Å². The van der Waals surface area contributed by atoms with Crippen LogP contribution >= 0.6 is 0 Å². The number of carbonyl (C=O) groups excluding carboxylic acids is 2. The molecule has 2 heterocycles. The molecule has 4 rings (SSSR count).